The van der Waals surface area contributed by atoms with Gasteiger partial charge >= 0.3 is 16.5 Å². The van der Waals surface area contributed by atoms with Crippen LogP contribution in [0.2, 0.25) is 0 Å². The van der Waals surface area contributed by atoms with Crippen LogP contribution in [-0.4, -0.2) is 4.70 Å². The van der Waals surface area contributed by atoms with Crippen LogP contribution in [0.15, 0.2) is 71.8 Å². The summed E-state index contributed by atoms with van der Waals surface area (Å²) in [4.78, 5) is 0. The zero-order valence-corrected chi connectivity index (χ0v) is 63.9. The summed E-state index contributed by atoms with van der Waals surface area (Å²) in [6, 6.07) is 18.1. The van der Waals surface area contributed by atoms with Gasteiger partial charge in [-0.3, -0.25) is 0 Å². The van der Waals surface area contributed by atoms with Gasteiger partial charge in [-0.15, -0.1) is 0 Å². The Hall–Kier alpha value is -2.25. The van der Waals surface area contributed by atoms with Crippen molar-refractivity contribution >= 4 is 11.4 Å². The molecule has 1 heterocycles. The Kier molecular flexibility index (Phi) is 69.8. The molecule has 0 radical (unpaired) electrons. The number of nitrogens with zero attached hydrogens (tertiary/aromatic N) is 2. The van der Waals surface area contributed by atoms with Crippen molar-refractivity contribution in [2.75, 3.05) is 0 Å². The molecule has 1 aliphatic rings. The van der Waals surface area contributed by atoms with E-state index >= 15 is 0 Å². The van der Waals surface area contributed by atoms with Crippen LogP contribution >= 0.6 is 0 Å². The topological polar surface area (TPSA) is 25.3 Å². The van der Waals surface area contributed by atoms with E-state index in [1.165, 1.54) is 382 Å². The molecule has 92 heavy (non-hydrogen) atoms. The molecule has 0 saturated heterocycles. The fourth-order valence-corrected chi connectivity index (χ4v) is 13.6. The largest absolute Gasteiger partial charge is 2.00 e. The number of rotatable bonds is 64. The van der Waals surface area contributed by atoms with Gasteiger partial charge in [0.2, 0.25) is 11.4 Å². The van der Waals surface area contributed by atoms with Crippen molar-refractivity contribution in [1.29, 1.82) is 0 Å². The minimum absolute atomic E-state index is 0. The minimum atomic E-state index is 0. The molecule has 0 amide bonds. The third-order valence-corrected chi connectivity index (χ3v) is 19.6. The van der Waals surface area contributed by atoms with Gasteiger partial charge in [-0.2, -0.15) is 12.8 Å². The van der Waals surface area contributed by atoms with Gasteiger partial charge in [-0.05, 0) is 86.8 Å². The fraction of sp³-hybridized carbons (Fsp3) is 0.775. The smallest absolute Gasteiger partial charge is 0.493 e. The van der Waals surface area contributed by atoms with Crippen molar-refractivity contribution in [3.63, 3.8) is 0 Å². The van der Waals surface area contributed by atoms with Crippen molar-refractivity contribution < 1.29 is 21.2 Å². The van der Waals surface area contributed by atoms with Crippen LogP contribution in [-0.2, 0) is 29.3 Å². The van der Waals surface area contributed by atoms with Gasteiger partial charge in [0.15, 0.2) is 0 Å². The van der Waals surface area contributed by atoms with E-state index in [2.05, 4.69) is 116 Å². The first-order valence-corrected chi connectivity index (χ1v) is 41.4. The average Bonchev–Trinajstić information content (AvgIpc) is 1.61. The second kappa shape index (κ2) is 71.5. The van der Waals surface area contributed by atoms with Gasteiger partial charge in [0.05, 0.1) is 5.57 Å². The molecule has 2 aromatic rings. The normalized spacial score (nSPS) is 12.3. The molecule has 1 aliphatic heterocycles. The van der Waals surface area contributed by atoms with E-state index in [4.69, 9.17) is 0 Å². The molecule has 3 rings (SSSR count). The van der Waals surface area contributed by atoms with Crippen LogP contribution < -0.4 is 0 Å². The van der Waals surface area contributed by atoms with Crippen LogP contribution in [0, 0.1) is 13.8 Å². The van der Waals surface area contributed by atoms with Crippen LogP contribution in [0.4, 0.5) is 0 Å². The van der Waals surface area contributed by atoms with Crippen LogP contribution in [0.25, 0.3) is 16.9 Å². The summed E-state index contributed by atoms with van der Waals surface area (Å²) in [5, 5.41) is 0. The first-order valence-electron chi connectivity index (χ1n) is 41.4. The maximum Gasteiger partial charge on any atom is 2.00 e. The summed E-state index contributed by atoms with van der Waals surface area (Å²) >= 11 is 0. The average molecular weight is 1310 g/mol. The predicted molar refractivity (Wildman–Crippen MR) is 413 cm³/mol. The predicted octanol–water partition coefficient (Wildman–Crippen LogP) is 32.1. The van der Waals surface area contributed by atoms with E-state index < -0.39 is 0 Å². The quantitative estimate of drug-likeness (QED) is 0.0273. The van der Waals surface area contributed by atoms with Crippen molar-refractivity contribution in [3.05, 3.63) is 113 Å². The van der Waals surface area contributed by atoms with Crippen LogP contribution in [0.1, 0.15) is 455 Å². The van der Waals surface area contributed by atoms with Gasteiger partial charge in [0.25, 0.3) is 0 Å². The van der Waals surface area contributed by atoms with Crippen molar-refractivity contribution in [2.24, 2.45) is 0 Å². The van der Waals surface area contributed by atoms with E-state index in [9.17, 15) is 5.53 Å². The summed E-state index contributed by atoms with van der Waals surface area (Å²) in [5.74, 6) is 0. The second-order valence-corrected chi connectivity index (χ2v) is 28.5. The van der Waals surface area contributed by atoms with E-state index in [0.717, 1.165) is 67.5 Å². The molecule has 0 spiro atoms. The summed E-state index contributed by atoms with van der Waals surface area (Å²) in [6.07, 6.45) is 90.9. The van der Waals surface area contributed by atoms with Crippen molar-refractivity contribution in [3.8, 4) is 0 Å². The molecule has 0 saturated carbocycles. The first-order chi connectivity index (χ1) is 45.0. The maximum absolute atomic E-state index is 12.3. The Morgan fingerprint density at radius 2 is 0.554 bits per heavy atom. The minimum Gasteiger partial charge on any atom is -0.493 e. The number of allylic oxidation sites excluding steroid dienone is 4. The van der Waals surface area contributed by atoms with E-state index in [1.807, 2.05) is 0 Å². The van der Waals surface area contributed by atoms with Crippen molar-refractivity contribution in [2.45, 2.75) is 446 Å². The van der Waals surface area contributed by atoms with Gasteiger partial charge in [0, 0.05) is 16.7 Å². The molecule has 0 aromatic heterocycles. The fourth-order valence-electron chi connectivity index (χ4n) is 13.6. The molecule has 0 fully saturated rings. The van der Waals surface area contributed by atoms with Crippen molar-refractivity contribution in [1.82, 2.24) is 0 Å². The Bertz CT molecular complexity index is 1900. The molecule has 534 valence electrons. The van der Waals surface area contributed by atoms with E-state index in [-0.39, 0.29) is 16.5 Å². The third kappa shape index (κ3) is 51.9. The number of aryl methyl sites for hydroxylation is 2. The van der Waals surface area contributed by atoms with Gasteiger partial charge in [-0.25, -0.2) is 4.70 Å². The molecule has 0 atom stereocenters. The number of benzene rings is 2. The van der Waals surface area contributed by atoms with Crippen LogP contribution in [0.3, 0.4) is 0 Å². The third-order valence-electron chi connectivity index (χ3n) is 19.6. The molecule has 3 heteroatoms. The molecular formula is C89H158N2Ni. The standard InChI is InChI=1S/C57H92N2.2C16H33.Ni/c1-5-9-13-15-16-17-18-19-20-21-22-23-24-25-26-27-28-29-30-31-32-33-37-47-55-54(46-36-14-10-6-2)56(52-44-38-42-50(48-52)40-34-11-7-3)59(58)57(55)53-45-39-43-51(49-53)41-35-12-8-4;2*1-3-5-7-9-11-13-15-16-14-12-10-8-6-4-2;/h37-39,42-45,47-49H,5-36,40-41,46H2,1-4H3;2*1,3-16H2,2H3;/q;2*-1;+2. The summed E-state index contributed by atoms with van der Waals surface area (Å²) in [6.45, 7) is 21.5. The molecular weight excluding hydrogens is 1160 g/mol. The van der Waals surface area contributed by atoms with E-state index in [1.54, 1.807) is 4.70 Å². The SMILES string of the molecule is CCCCCCCCCCCCCCCCCCCCCCCC=CC1=C(c2cccc(CCCCC)c2)[N+](=[N-])C(c2cccc(CCCCC)c2)=C1CCCCCC.[CH2-]CCCCCCCCCCCCCCC.[CH2-]CCCCCCCCCCCCCCC.[Ni+2]. The Morgan fingerprint density at radius 3 is 0.859 bits per heavy atom. The maximum atomic E-state index is 12.3. The molecule has 2 nitrogen and oxygen atoms in total. The zero-order chi connectivity index (χ0) is 65.8. The molecule has 2 aromatic carbocycles. The van der Waals surface area contributed by atoms with Gasteiger partial charge in [-0.1, -0.05) is 418 Å². The molecule has 0 bridgehead atoms. The molecule has 0 N–H and O–H groups in total. The summed E-state index contributed by atoms with van der Waals surface area (Å²) in [5.41, 5.74) is 21.8. The van der Waals surface area contributed by atoms with Gasteiger partial charge < -0.3 is 19.4 Å². The van der Waals surface area contributed by atoms with Crippen LogP contribution in [0.5, 0.6) is 0 Å². The number of unbranched alkanes of at least 4 members (excludes halogenated alkanes) is 54. The monoisotopic (exact) mass is 1310 g/mol. The Morgan fingerprint density at radius 1 is 0.304 bits per heavy atom. The first kappa shape index (κ1) is 89.8. The molecule has 0 unspecified atom stereocenters. The second-order valence-electron chi connectivity index (χ2n) is 28.5. The summed E-state index contributed by atoms with van der Waals surface area (Å²) in [7, 11) is 0. The zero-order valence-electron chi connectivity index (χ0n) is 62.9. The number of hydrogen-bond donors (Lipinski definition) is 0. The number of hydrogen-bond acceptors (Lipinski definition) is 0. The Balaban J connectivity index is 0.00000204. The molecule has 0 aliphatic carbocycles. The summed E-state index contributed by atoms with van der Waals surface area (Å²) < 4.78 is 1.57. The van der Waals surface area contributed by atoms with Gasteiger partial charge in [0.1, 0.15) is 0 Å². The van der Waals surface area contributed by atoms with E-state index in [0.29, 0.717) is 0 Å². The Labute approximate surface area is 588 Å².